The Morgan fingerprint density at radius 2 is 2.03 bits per heavy atom. The maximum absolute atomic E-state index is 12.6. The molecule has 0 saturated carbocycles. The summed E-state index contributed by atoms with van der Waals surface area (Å²) in [6.07, 6.45) is 2.32. The van der Waals surface area contributed by atoms with Crippen LogP contribution in [0.25, 0.3) is 11.3 Å². The van der Waals surface area contributed by atoms with E-state index in [0.717, 1.165) is 42.1 Å². The van der Waals surface area contributed by atoms with Crippen molar-refractivity contribution >= 4 is 11.6 Å². The van der Waals surface area contributed by atoms with Gasteiger partial charge in [-0.2, -0.15) is 5.10 Å². The summed E-state index contributed by atoms with van der Waals surface area (Å²) in [4.78, 5) is 14.8. The molecule has 1 aromatic heterocycles. The average molecular weight is 421 g/mol. The van der Waals surface area contributed by atoms with E-state index in [1.165, 1.54) is 0 Å². The summed E-state index contributed by atoms with van der Waals surface area (Å²) < 4.78 is 7.88. The highest BCUT2D eigenvalue weighted by molar-refractivity contribution is 6.04. The SMILES string of the molecule is Cc1ccc(C(=O)Nc2ccc(OCCN3CC[C@H](O)C3)c(-c3ccnn3C)c2)cc1. The second-order valence-corrected chi connectivity index (χ2v) is 7.96. The number of β-amino-alcohol motifs (C(OH)–C–C–N with tert-alkyl or cyclic N) is 1. The van der Waals surface area contributed by atoms with Crippen LogP contribution < -0.4 is 10.1 Å². The first kappa shape index (κ1) is 21.1. The number of carbonyl (C=O) groups is 1. The Balaban J connectivity index is 1.51. The molecule has 7 nitrogen and oxygen atoms in total. The van der Waals surface area contributed by atoms with Crippen LogP contribution in [0, 0.1) is 6.92 Å². The van der Waals surface area contributed by atoms with E-state index < -0.39 is 0 Å². The van der Waals surface area contributed by atoms with Crippen LogP contribution in [0.5, 0.6) is 5.75 Å². The minimum atomic E-state index is -0.235. The Morgan fingerprint density at radius 3 is 2.71 bits per heavy atom. The van der Waals surface area contributed by atoms with Crippen molar-refractivity contribution in [1.29, 1.82) is 0 Å². The van der Waals surface area contributed by atoms with Crippen LogP contribution >= 0.6 is 0 Å². The van der Waals surface area contributed by atoms with Crippen molar-refractivity contribution in [3.8, 4) is 17.0 Å². The summed E-state index contributed by atoms with van der Waals surface area (Å²) in [6, 6.07) is 15.0. The third-order valence-corrected chi connectivity index (χ3v) is 5.56. The number of anilines is 1. The van der Waals surface area contributed by atoms with Gasteiger partial charge in [-0.3, -0.25) is 14.4 Å². The van der Waals surface area contributed by atoms with Gasteiger partial charge in [-0.25, -0.2) is 0 Å². The number of aryl methyl sites for hydroxylation is 2. The van der Waals surface area contributed by atoms with Gasteiger partial charge in [0.25, 0.3) is 5.91 Å². The van der Waals surface area contributed by atoms with Crippen LogP contribution in [0.4, 0.5) is 5.69 Å². The second kappa shape index (κ2) is 9.32. The molecule has 2 N–H and O–H groups in total. The molecule has 2 aromatic carbocycles. The van der Waals surface area contributed by atoms with Gasteiger partial charge in [0.2, 0.25) is 0 Å². The standard InChI is InChI=1S/C24H28N4O3/c1-17-3-5-18(6-4-17)24(30)26-19-7-8-23(21(15-19)22-9-11-25-27(22)2)31-14-13-28-12-10-20(29)16-28/h3-9,11,15,20,29H,10,12-14,16H2,1-2H3,(H,26,30)/t20-/m0/s1. The molecule has 1 aliphatic rings. The van der Waals surface area contributed by atoms with Crippen LogP contribution in [0.15, 0.2) is 54.7 Å². The van der Waals surface area contributed by atoms with E-state index in [2.05, 4.69) is 15.3 Å². The number of ether oxygens (including phenoxy) is 1. The Labute approximate surface area is 182 Å². The number of likely N-dealkylation sites (tertiary alicyclic amines) is 1. The summed E-state index contributed by atoms with van der Waals surface area (Å²) >= 11 is 0. The first-order valence-electron chi connectivity index (χ1n) is 10.5. The molecule has 0 aliphatic carbocycles. The average Bonchev–Trinajstić information content (AvgIpc) is 3.37. The van der Waals surface area contributed by atoms with Gasteiger partial charge in [0.05, 0.1) is 11.8 Å². The fourth-order valence-corrected chi connectivity index (χ4v) is 3.78. The summed E-state index contributed by atoms with van der Waals surface area (Å²) in [5.41, 5.74) is 4.18. The highest BCUT2D eigenvalue weighted by Crippen LogP contribution is 2.32. The Kier molecular flexibility index (Phi) is 6.34. The molecule has 7 heteroatoms. The van der Waals surface area contributed by atoms with E-state index >= 15 is 0 Å². The minimum Gasteiger partial charge on any atom is -0.492 e. The normalized spacial score (nSPS) is 16.4. The quantitative estimate of drug-likeness (QED) is 0.614. The van der Waals surface area contributed by atoms with Crippen molar-refractivity contribution in [2.24, 2.45) is 7.05 Å². The molecule has 2 heterocycles. The molecule has 0 bridgehead atoms. The topological polar surface area (TPSA) is 79.6 Å². The molecular formula is C24H28N4O3. The van der Waals surface area contributed by atoms with Crippen LogP contribution in [0.3, 0.4) is 0 Å². The number of hydrogen-bond acceptors (Lipinski definition) is 5. The zero-order valence-corrected chi connectivity index (χ0v) is 17.9. The van der Waals surface area contributed by atoms with Crippen LogP contribution in [-0.2, 0) is 7.05 Å². The third-order valence-electron chi connectivity index (χ3n) is 5.56. The van der Waals surface area contributed by atoms with Crippen molar-refractivity contribution in [3.05, 3.63) is 65.9 Å². The predicted octanol–water partition coefficient (Wildman–Crippen LogP) is 3.09. The summed E-state index contributed by atoms with van der Waals surface area (Å²) in [5, 5.41) is 16.9. The minimum absolute atomic E-state index is 0.155. The Bertz CT molecular complexity index is 1050. The van der Waals surface area contributed by atoms with Crippen LogP contribution in [0.1, 0.15) is 22.3 Å². The van der Waals surface area contributed by atoms with Gasteiger partial charge in [0, 0.05) is 49.7 Å². The lowest BCUT2D eigenvalue weighted by atomic mass is 10.1. The van der Waals surface area contributed by atoms with E-state index in [1.807, 2.05) is 62.5 Å². The number of aliphatic hydroxyl groups is 1. The number of rotatable bonds is 7. The smallest absolute Gasteiger partial charge is 0.255 e. The molecule has 1 saturated heterocycles. The van der Waals surface area contributed by atoms with Gasteiger partial charge in [-0.15, -0.1) is 0 Å². The lowest BCUT2D eigenvalue weighted by Crippen LogP contribution is -2.27. The number of amides is 1. The Hall–Kier alpha value is -3.16. The molecule has 0 unspecified atom stereocenters. The van der Waals surface area contributed by atoms with E-state index in [9.17, 15) is 9.90 Å². The van der Waals surface area contributed by atoms with Crippen LogP contribution in [0.2, 0.25) is 0 Å². The van der Waals surface area contributed by atoms with Crippen molar-refractivity contribution in [1.82, 2.24) is 14.7 Å². The van der Waals surface area contributed by atoms with Crippen molar-refractivity contribution in [2.45, 2.75) is 19.4 Å². The third kappa shape index (κ3) is 5.13. The van der Waals surface area contributed by atoms with Gasteiger partial charge in [0.1, 0.15) is 12.4 Å². The number of aromatic nitrogens is 2. The maximum atomic E-state index is 12.6. The maximum Gasteiger partial charge on any atom is 0.255 e. The second-order valence-electron chi connectivity index (χ2n) is 7.96. The fraction of sp³-hybridized carbons (Fsp3) is 0.333. The number of benzene rings is 2. The molecule has 1 atom stereocenters. The van der Waals surface area contributed by atoms with Crippen molar-refractivity contribution in [2.75, 3.05) is 31.6 Å². The monoisotopic (exact) mass is 420 g/mol. The van der Waals surface area contributed by atoms with E-state index in [0.29, 0.717) is 24.4 Å². The fourth-order valence-electron chi connectivity index (χ4n) is 3.78. The van der Waals surface area contributed by atoms with E-state index in [1.54, 1.807) is 10.9 Å². The molecule has 0 spiro atoms. The molecular weight excluding hydrogens is 392 g/mol. The molecule has 1 amide bonds. The Morgan fingerprint density at radius 1 is 1.23 bits per heavy atom. The largest absolute Gasteiger partial charge is 0.492 e. The van der Waals surface area contributed by atoms with Crippen molar-refractivity contribution < 1.29 is 14.6 Å². The van der Waals surface area contributed by atoms with Crippen LogP contribution in [-0.4, -0.2) is 58.0 Å². The lowest BCUT2D eigenvalue weighted by molar-refractivity contribution is 0.102. The first-order valence-corrected chi connectivity index (χ1v) is 10.5. The lowest BCUT2D eigenvalue weighted by Gasteiger charge is -2.17. The molecule has 1 fully saturated rings. The number of nitrogens with zero attached hydrogens (tertiary/aromatic N) is 3. The van der Waals surface area contributed by atoms with Gasteiger partial charge >= 0.3 is 0 Å². The van der Waals surface area contributed by atoms with Gasteiger partial charge in [-0.1, -0.05) is 17.7 Å². The van der Waals surface area contributed by atoms with Crippen molar-refractivity contribution in [3.63, 3.8) is 0 Å². The van der Waals surface area contributed by atoms with Gasteiger partial charge in [-0.05, 0) is 49.7 Å². The highest BCUT2D eigenvalue weighted by Gasteiger charge is 2.20. The summed E-state index contributed by atoms with van der Waals surface area (Å²) in [6.45, 7) is 4.86. The number of nitrogens with one attached hydrogen (secondary N) is 1. The molecule has 0 radical (unpaired) electrons. The zero-order valence-electron chi connectivity index (χ0n) is 17.9. The predicted molar refractivity (Wildman–Crippen MR) is 120 cm³/mol. The van der Waals surface area contributed by atoms with E-state index in [-0.39, 0.29) is 12.0 Å². The first-order chi connectivity index (χ1) is 15.0. The molecule has 4 rings (SSSR count). The highest BCUT2D eigenvalue weighted by atomic mass is 16.5. The summed E-state index contributed by atoms with van der Waals surface area (Å²) in [7, 11) is 1.88. The molecule has 1 aliphatic heterocycles. The van der Waals surface area contributed by atoms with E-state index in [4.69, 9.17) is 4.74 Å². The number of carbonyl (C=O) groups excluding carboxylic acids is 1. The number of aliphatic hydroxyl groups excluding tert-OH is 1. The molecule has 31 heavy (non-hydrogen) atoms. The van der Waals surface area contributed by atoms with Gasteiger partial charge < -0.3 is 15.2 Å². The summed E-state index contributed by atoms with van der Waals surface area (Å²) in [5.74, 6) is 0.578. The van der Waals surface area contributed by atoms with Gasteiger partial charge in [0.15, 0.2) is 0 Å². The molecule has 162 valence electrons. The molecule has 3 aromatic rings. The zero-order chi connectivity index (χ0) is 21.8. The number of hydrogen-bond donors (Lipinski definition) is 2.